The maximum Gasteiger partial charge on any atom is 0.409 e. The van der Waals surface area contributed by atoms with Crippen LogP contribution in [0.3, 0.4) is 0 Å². The fourth-order valence-electron chi connectivity index (χ4n) is 0.422. The Morgan fingerprint density at radius 2 is 2.60 bits per heavy atom. The minimum absolute atomic E-state index is 0.484. The zero-order valence-electron chi connectivity index (χ0n) is 4.67. The van der Waals surface area contributed by atoms with Gasteiger partial charge in [0.15, 0.2) is 0 Å². The van der Waals surface area contributed by atoms with Crippen molar-refractivity contribution in [2.24, 2.45) is 0 Å². The molecule has 0 aromatic carbocycles. The van der Waals surface area contributed by atoms with E-state index in [1.165, 1.54) is 17.7 Å². The average Bonchev–Trinajstić information content (AvgIpc) is 2.15. The van der Waals surface area contributed by atoms with Crippen molar-refractivity contribution in [1.29, 1.82) is 0 Å². The molecule has 0 atom stereocenters. The molecule has 0 unspecified atom stereocenters. The van der Waals surface area contributed by atoms with Crippen molar-refractivity contribution < 1.29 is 9.90 Å². The normalized spacial score (nSPS) is 9.30. The molecule has 1 aromatic heterocycles. The molecule has 0 saturated heterocycles. The van der Waals surface area contributed by atoms with Crippen molar-refractivity contribution in [3.8, 4) is 0 Å². The number of hydrogen-bond acceptors (Lipinski definition) is 3. The van der Waals surface area contributed by atoms with Crippen LogP contribution in [0.4, 0.5) is 10.5 Å². The fraction of sp³-hybridized carbons (Fsp3) is 0. The number of rotatable bonds is 1. The van der Waals surface area contributed by atoms with Crippen molar-refractivity contribution in [3.63, 3.8) is 0 Å². The third kappa shape index (κ3) is 1.68. The van der Waals surface area contributed by atoms with E-state index < -0.39 is 6.09 Å². The molecule has 1 aromatic rings. The second kappa shape index (κ2) is 2.98. The number of aromatic nitrogens is 1. The van der Waals surface area contributed by atoms with Crippen LogP contribution >= 0.6 is 27.5 Å². The average molecular weight is 223 g/mol. The number of anilines is 1. The predicted octanol–water partition coefficient (Wildman–Crippen LogP) is 2.00. The first-order chi connectivity index (χ1) is 4.70. The molecule has 54 valence electrons. The molecular weight excluding hydrogens is 220 g/mol. The van der Waals surface area contributed by atoms with Gasteiger partial charge in [0.25, 0.3) is 0 Å². The summed E-state index contributed by atoms with van der Waals surface area (Å²) in [5, 5.41) is 10.4. The third-order valence-electron chi connectivity index (χ3n) is 0.768. The number of carboxylic acid groups (broad SMARTS) is 1. The molecule has 0 bridgehead atoms. The highest BCUT2D eigenvalue weighted by molar-refractivity contribution is 9.11. The Hall–Kier alpha value is -0.620. The van der Waals surface area contributed by atoms with E-state index in [0.717, 1.165) is 0 Å². The zero-order chi connectivity index (χ0) is 7.56. The van der Waals surface area contributed by atoms with E-state index in [9.17, 15) is 4.79 Å². The second-order valence-electron chi connectivity index (χ2n) is 1.44. The maximum atomic E-state index is 10.1. The van der Waals surface area contributed by atoms with Gasteiger partial charge in [0.05, 0.1) is 11.9 Å². The number of nitrogens with zero attached hydrogens (tertiary/aromatic N) is 1. The summed E-state index contributed by atoms with van der Waals surface area (Å²) in [5.41, 5.74) is 0.484. The molecule has 0 aliphatic rings. The Morgan fingerprint density at radius 1 is 1.90 bits per heavy atom. The van der Waals surface area contributed by atoms with Gasteiger partial charge in [-0.15, -0.1) is 0 Å². The standard InChI is InChI=1S/C4H3BrN2O2S/c5-3-2(1-6-10-3)7-4(8)9/h1,7H,(H,8,9). The molecule has 0 fully saturated rings. The first-order valence-electron chi connectivity index (χ1n) is 2.30. The van der Waals surface area contributed by atoms with Crippen LogP contribution in [0.5, 0.6) is 0 Å². The Labute approximate surface area is 69.2 Å². The summed E-state index contributed by atoms with van der Waals surface area (Å²) in [4.78, 5) is 10.1. The van der Waals surface area contributed by atoms with Crippen LogP contribution in [0.25, 0.3) is 0 Å². The summed E-state index contributed by atoms with van der Waals surface area (Å²) in [7, 11) is 0. The van der Waals surface area contributed by atoms with Gasteiger partial charge in [-0.2, -0.15) is 4.37 Å². The van der Waals surface area contributed by atoms with Crippen molar-refractivity contribution >= 4 is 39.2 Å². The molecule has 6 heteroatoms. The molecule has 0 saturated carbocycles. The summed E-state index contributed by atoms with van der Waals surface area (Å²) >= 11 is 4.31. The second-order valence-corrected chi connectivity index (χ2v) is 3.56. The lowest BCUT2D eigenvalue weighted by molar-refractivity contribution is 0.209. The number of carbonyl (C=O) groups is 1. The topological polar surface area (TPSA) is 62.2 Å². The van der Waals surface area contributed by atoms with Gasteiger partial charge in [-0.1, -0.05) is 0 Å². The molecule has 0 radical (unpaired) electrons. The minimum atomic E-state index is -1.08. The van der Waals surface area contributed by atoms with Crippen LogP contribution in [0.2, 0.25) is 0 Å². The molecule has 0 spiro atoms. The van der Waals surface area contributed by atoms with E-state index in [2.05, 4.69) is 25.6 Å². The summed E-state index contributed by atoms with van der Waals surface area (Å²) < 4.78 is 4.43. The Bertz CT molecular complexity index is 249. The van der Waals surface area contributed by atoms with E-state index in [-0.39, 0.29) is 0 Å². The molecule has 1 heterocycles. The van der Waals surface area contributed by atoms with Crippen LogP contribution in [0.1, 0.15) is 0 Å². The summed E-state index contributed by atoms with van der Waals surface area (Å²) in [6, 6.07) is 0. The van der Waals surface area contributed by atoms with E-state index in [4.69, 9.17) is 5.11 Å². The van der Waals surface area contributed by atoms with Gasteiger partial charge in [-0.3, -0.25) is 5.32 Å². The van der Waals surface area contributed by atoms with Crippen LogP contribution in [-0.4, -0.2) is 15.6 Å². The van der Waals surface area contributed by atoms with Gasteiger partial charge >= 0.3 is 6.09 Å². The van der Waals surface area contributed by atoms with Crippen molar-refractivity contribution in [1.82, 2.24) is 4.37 Å². The van der Waals surface area contributed by atoms with Crippen molar-refractivity contribution in [2.45, 2.75) is 0 Å². The van der Waals surface area contributed by atoms with Gasteiger partial charge in [0, 0.05) is 0 Å². The van der Waals surface area contributed by atoms with Crippen LogP contribution in [0, 0.1) is 0 Å². The Morgan fingerprint density at radius 3 is 3.00 bits per heavy atom. The lowest BCUT2D eigenvalue weighted by Gasteiger charge is -1.93. The lowest BCUT2D eigenvalue weighted by Crippen LogP contribution is -2.06. The number of nitrogens with one attached hydrogen (secondary N) is 1. The van der Waals surface area contributed by atoms with E-state index in [1.807, 2.05) is 0 Å². The van der Waals surface area contributed by atoms with Crippen molar-refractivity contribution in [2.75, 3.05) is 5.32 Å². The van der Waals surface area contributed by atoms with Gasteiger partial charge in [-0.25, -0.2) is 4.79 Å². The Balaban J connectivity index is 2.74. The molecule has 1 amide bonds. The highest BCUT2D eigenvalue weighted by Gasteiger charge is 2.03. The van der Waals surface area contributed by atoms with Gasteiger partial charge < -0.3 is 5.11 Å². The smallest absolute Gasteiger partial charge is 0.409 e. The first-order valence-corrected chi connectivity index (χ1v) is 3.87. The SMILES string of the molecule is O=C(O)Nc1cnsc1Br. The van der Waals surface area contributed by atoms with E-state index in [1.54, 1.807) is 0 Å². The van der Waals surface area contributed by atoms with Crippen molar-refractivity contribution in [3.05, 3.63) is 9.98 Å². The predicted molar refractivity (Wildman–Crippen MR) is 41.5 cm³/mol. The quantitative estimate of drug-likeness (QED) is 0.765. The van der Waals surface area contributed by atoms with Crippen LogP contribution < -0.4 is 5.32 Å². The van der Waals surface area contributed by atoms with Crippen LogP contribution in [0.15, 0.2) is 9.98 Å². The molecule has 2 N–H and O–H groups in total. The summed E-state index contributed by atoms with van der Waals surface area (Å²) in [6.07, 6.45) is 0.365. The highest BCUT2D eigenvalue weighted by Crippen LogP contribution is 2.25. The molecule has 1 rings (SSSR count). The van der Waals surface area contributed by atoms with E-state index >= 15 is 0 Å². The molecule has 0 aliphatic heterocycles. The maximum absolute atomic E-state index is 10.1. The van der Waals surface area contributed by atoms with Gasteiger partial charge in [0.1, 0.15) is 3.79 Å². The molecule has 10 heavy (non-hydrogen) atoms. The Kier molecular flexibility index (Phi) is 2.23. The minimum Gasteiger partial charge on any atom is -0.465 e. The third-order valence-corrected chi connectivity index (χ3v) is 2.22. The summed E-state index contributed by atoms with van der Waals surface area (Å²) in [6.45, 7) is 0. The molecular formula is C4H3BrN2O2S. The number of amides is 1. The highest BCUT2D eigenvalue weighted by atomic mass is 79.9. The zero-order valence-corrected chi connectivity index (χ0v) is 7.07. The molecule has 4 nitrogen and oxygen atoms in total. The number of halogens is 1. The molecule has 0 aliphatic carbocycles. The van der Waals surface area contributed by atoms with E-state index in [0.29, 0.717) is 9.47 Å². The summed E-state index contributed by atoms with van der Waals surface area (Å²) in [5.74, 6) is 0. The lowest BCUT2D eigenvalue weighted by atomic mass is 10.6. The van der Waals surface area contributed by atoms with Crippen LogP contribution in [-0.2, 0) is 0 Å². The van der Waals surface area contributed by atoms with Gasteiger partial charge in [0.2, 0.25) is 0 Å². The monoisotopic (exact) mass is 222 g/mol. The fourth-order valence-corrected chi connectivity index (χ4v) is 1.33. The largest absolute Gasteiger partial charge is 0.465 e. The number of hydrogen-bond donors (Lipinski definition) is 2. The first kappa shape index (κ1) is 7.49. The van der Waals surface area contributed by atoms with Gasteiger partial charge in [-0.05, 0) is 27.5 Å².